The number of ether oxygens (including phenoxy) is 3. The Balaban J connectivity index is 0.795. The second kappa shape index (κ2) is 13.5. The molecule has 15 rings (SSSR count). The second-order valence-corrected chi connectivity index (χ2v) is 23.5. The van der Waals surface area contributed by atoms with Gasteiger partial charge in [0, 0.05) is 0 Å². The Bertz CT molecular complexity index is 1770. The van der Waals surface area contributed by atoms with Gasteiger partial charge in [0.05, 0.1) is 27.1 Å². The van der Waals surface area contributed by atoms with Crippen molar-refractivity contribution in [2.45, 2.75) is 130 Å². The molecule has 0 radical (unpaired) electrons. The topological polar surface area (TPSA) is 78.9 Å². The molecule has 12 bridgehead atoms. The zero-order valence-corrected chi connectivity index (χ0v) is 34.5. The predicted molar refractivity (Wildman–Crippen MR) is 220 cm³/mol. The molecule has 0 amide bonds. The average molecular weight is 798 g/mol. The molecule has 58 heavy (non-hydrogen) atoms. The van der Waals surface area contributed by atoms with Gasteiger partial charge in [-0.25, -0.2) is 0 Å². The van der Waals surface area contributed by atoms with Gasteiger partial charge in [-0.3, -0.25) is 14.4 Å². The zero-order valence-electron chi connectivity index (χ0n) is 33.7. The molecule has 6 nitrogen and oxygen atoms in total. The summed E-state index contributed by atoms with van der Waals surface area (Å²) < 4.78 is 18.6. The van der Waals surface area contributed by atoms with Gasteiger partial charge in [0.2, 0.25) is 0 Å². The van der Waals surface area contributed by atoms with Gasteiger partial charge < -0.3 is 14.2 Å². The number of hydrogen-bond donors (Lipinski definition) is 0. The highest BCUT2D eigenvalue weighted by Crippen LogP contribution is 2.63. The van der Waals surface area contributed by atoms with Crippen molar-refractivity contribution in [2.75, 3.05) is 0 Å². The summed E-state index contributed by atoms with van der Waals surface area (Å²) in [6.07, 6.45) is 20.5. The van der Waals surface area contributed by atoms with E-state index in [1.54, 1.807) is 0 Å². The van der Waals surface area contributed by atoms with Crippen LogP contribution in [-0.4, -0.2) is 17.9 Å². The molecule has 12 aliphatic carbocycles. The summed E-state index contributed by atoms with van der Waals surface area (Å²) >= 11 is 0. The van der Waals surface area contributed by atoms with Crippen LogP contribution in [0.3, 0.4) is 0 Å². The van der Waals surface area contributed by atoms with Gasteiger partial charge in [-0.05, 0) is 242 Å². The second-order valence-electron chi connectivity index (χ2n) is 21.5. The summed E-state index contributed by atoms with van der Waals surface area (Å²) in [7, 11) is -0.525. The Labute approximate surface area is 345 Å². The van der Waals surface area contributed by atoms with Crippen molar-refractivity contribution in [3.8, 4) is 17.2 Å². The number of carbonyl (C=O) groups is 3. The van der Waals surface area contributed by atoms with E-state index in [-0.39, 0.29) is 34.2 Å². The van der Waals surface area contributed by atoms with Crippen LogP contribution in [0.25, 0.3) is 0 Å². The smallest absolute Gasteiger partial charge is 0.317 e. The summed E-state index contributed by atoms with van der Waals surface area (Å²) in [5.74, 6) is 7.86. The first-order valence-corrected chi connectivity index (χ1v) is 24.1. The van der Waals surface area contributed by atoms with Gasteiger partial charge in [-0.15, -0.1) is 0 Å². The van der Waals surface area contributed by atoms with E-state index in [0.29, 0.717) is 70.5 Å². The molecule has 0 aromatic heterocycles. The molecule has 0 unspecified atom stereocenters. The van der Waals surface area contributed by atoms with Crippen molar-refractivity contribution >= 4 is 28.8 Å². The van der Waals surface area contributed by atoms with E-state index >= 15 is 0 Å². The van der Waals surface area contributed by atoms with Crippen LogP contribution in [0.5, 0.6) is 17.2 Å². The Morgan fingerprint density at radius 2 is 0.534 bits per heavy atom. The van der Waals surface area contributed by atoms with Gasteiger partial charge in [0.1, 0.15) is 17.2 Å². The van der Waals surface area contributed by atoms with Crippen LogP contribution >= 0.6 is 0 Å². The summed E-state index contributed by atoms with van der Waals surface area (Å²) in [5.41, 5.74) is -0.918. The van der Waals surface area contributed by atoms with E-state index < -0.39 is 10.9 Å². The molecule has 302 valence electrons. The number of carbonyl (C=O) groups excluding carboxylic acids is 3. The van der Waals surface area contributed by atoms with Crippen molar-refractivity contribution in [3.63, 3.8) is 0 Å². The molecular weight excluding hydrogens is 741 g/mol. The Kier molecular flexibility index (Phi) is 8.42. The first kappa shape index (κ1) is 36.3. The molecule has 12 fully saturated rings. The van der Waals surface area contributed by atoms with Crippen LogP contribution in [0.2, 0.25) is 0 Å². The largest absolute Gasteiger partial charge is 0.426 e. The third-order valence-corrected chi connectivity index (χ3v) is 19.5. The quantitative estimate of drug-likeness (QED) is 0.122. The highest BCUT2D eigenvalue weighted by molar-refractivity contribution is 7.97. The van der Waals surface area contributed by atoms with Crippen LogP contribution < -0.4 is 14.2 Å². The fraction of sp³-hybridized carbons (Fsp3) is 0.588. The Hall–Kier alpha value is -3.58. The lowest BCUT2D eigenvalue weighted by Crippen LogP contribution is -2.51. The van der Waals surface area contributed by atoms with Crippen LogP contribution in [0, 0.1) is 69.5 Å². The van der Waals surface area contributed by atoms with Crippen molar-refractivity contribution in [1.82, 2.24) is 0 Å². The predicted octanol–water partition coefficient (Wildman–Crippen LogP) is 11.1. The lowest BCUT2D eigenvalue weighted by Gasteiger charge is -2.55. The standard InChI is InChI=1S/C51H57O6S/c52-46(49-22-31-13-32(23-49)15-33(14-31)24-49)55-40-1-7-43(8-2-40)58(44-9-3-41(4-10-44)56-47(53)50-25-34-16-35(26-50)18-36(17-34)27-50)45-11-5-42(6-12-45)57-48(54)51-28-37-19-38(29-51)21-39(20-37)30-51/h1-12,31-39H,13-30H2/q+1. The van der Waals surface area contributed by atoms with E-state index in [9.17, 15) is 14.4 Å². The Morgan fingerprint density at radius 1 is 0.345 bits per heavy atom. The van der Waals surface area contributed by atoms with Crippen molar-refractivity contribution in [1.29, 1.82) is 0 Å². The first-order chi connectivity index (χ1) is 28.2. The number of esters is 3. The van der Waals surface area contributed by atoms with Crippen LogP contribution in [0.15, 0.2) is 87.5 Å². The zero-order chi connectivity index (χ0) is 38.8. The van der Waals surface area contributed by atoms with Crippen molar-refractivity contribution in [3.05, 3.63) is 72.8 Å². The normalized spacial score (nSPS) is 40.0. The van der Waals surface area contributed by atoms with E-state index in [0.717, 1.165) is 72.5 Å². The van der Waals surface area contributed by atoms with Crippen molar-refractivity contribution < 1.29 is 28.6 Å². The molecule has 0 N–H and O–H groups in total. The minimum atomic E-state index is -0.525. The maximum absolute atomic E-state index is 13.8. The van der Waals surface area contributed by atoms with E-state index in [4.69, 9.17) is 14.2 Å². The summed E-state index contributed by atoms with van der Waals surface area (Å²) in [6, 6.07) is 24.3. The third-order valence-electron chi connectivity index (χ3n) is 17.2. The summed E-state index contributed by atoms with van der Waals surface area (Å²) in [5, 5.41) is 0. The van der Waals surface area contributed by atoms with Gasteiger partial charge in [-0.2, -0.15) is 0 Å². The maximum atomic E-state index is 13.8. The molecule has 0 saturated heterocycles. The first-order valence-electron chi connectivity index (χ1n) is 22.9. The lowest BCUT2D eigenvalue weighted by atomic mass is 9.49. The molecule has 0 aliphatic heterocycles. The van der Waals surface area contributed by atoms with E-state index in [1.807, 2.05) is 36.4 Å². The minimum absolute atomic E-state index is 0.0318. The molecule has 0 spiro atoms. The Morgan fingerprint density at radius 3 is 0.724 bits per heavy atom. The number of hydrogen-bond acceptors (Lipinski definition) is 6. The summed E-state index contributed by atoms with van der Waals surface area (Å²) in [4.78, 5) is 44.7. The van der Waals surface area contributed by atoms with Crippen LogP contribution in [0.4, 0.5) is 0 Å². The summed E-state index contributed by atoms with van der Waals surface area (Å²) in [6.45, 7) is 0. The van der Waals surface area contributed by atoms with Crippen molar-refractivity contribution in [2.24, 2.45) is 69.5 Å². The van der Waals surface area contributed by atoms with E-state index in [1.165, 1.54) is 57.8 Å². The lowest BCUT2D eigenvalue weighted by molar-refractivity contribution is -0.162. The van der Waals surface area contributed by atoms with Gasteiger partial charge in [0.25, 0.3) is 0 Å². The SMILES string of the molecule is O=C(Oc1ccc([S+](c2ccc(OC(=O)C34CC5CC(CC(C5)C3)C4)cc2)c2ccc(OC(=O)C34CC5CC(CC(C5)C3)C4)cc2)cc1)C12CC3CC(CC(C3)C1)C2. The molecular formula is C51H57O6S+. The number of rotatable bonds is 9. The average Bonchev–Trinajstić information content (AvgIpc) is 3.18. The molecule has 3 aromatic rings. The monoisotopic (exact) mass is 797 g/mol. The molecule has 12 aliphatic rings. The molecule has 0 atom stereocenters. The fourth-order valence-electron chi connectivity index (χ4n) is 16.1. The van der Waals surface area contributed by atoms with Crippen LogP contribution in [-0.2, 0) is 25.3 Å². The number of benzene rings is 3. The van der Waals surface area contributed by atoms with Gasteiger partial charge >= 0.3 is 17.9 Å². The maximum Gasteiger partial charge on any atom is 0.317 e. The van der Waals surface area contributed by atoms with Crippen LogP contribution in [0.1, 0.15) is 116 Å². The van der Waals surface area contributed by atoms with Gasteiger partial charge in [-0.1, -0.05) is 0 Å². The fourth-order valence-corrected chi connectivity index (χ4v) is 18.1. The highest BCUT2D eigenvalue weighted by Gasteiger charge is 2.58. The van der Waals surface area contributed by atoms with Gasteiger partial charge in [0.15, 0.2) is 14.7 Å². The molecule has 7 heteroatoms. The third kappa shape index (κ3) is 6.21. The molecule has 12 saturated carbocycles. The molecule has 3 aromatic carbocycles. The van der Waals surface area contributed by atoms with E-state index in [2.05, 4.69) is 36.4 Å². The molecule has 0 heterocycles. The minimum Gasteiger partial charge on any atom is -0.426 e. The highest BCUT2D eigenvalue weighted by atomic mass is 32.2.